The molecule has 1 unspecified atom stereocenters. The summed E-state index contributed by atoms with van der Waals surface area (Å²) in [5, 5.41) is 2.45. The Morgan fingerprint density at radius 1 is 1.33 bits per heavy atom. The van der Waals surface area contributed by atoms with Gasteiger partial charge in [0.25, 0.3) is 0 Å². The van der Waals surface area contributed by atoms with Gasteiger partial charge in [-0.1, -0.05) is 29.8 Å². The summed E-state index contributed by atoms with van der Waals surface area (Å²) < 4.78 is 26.3. The zero-order valence-corrected chi connectivity index (χ0v) is 12.0. The average molecular weight is 270 g/mol. The van der Waals surface area contributed by atoms with Gasteiger partial charge < -0.3 is 5.32 Å². The fourth-order valence-electron chi connectivity index (χ4n) is 1.74. The van der Waals surface area contributed by atoms with Crippen LogP contribution in [0.4, 0.5) is 0 Å². The molecule has 1 rings (SSSR count). The van der Waals surface area contributed by atoms with Crippen LogP contribution < -0.4 is 10.0 Å². The van der Waals surface area contributed by atoms with Crippen molar-refractivity contribution in [3.63, 3.8) is 0 Å². The van der Waals surface area contributed by atoms with Crippen molar-refractivity contribution in [2.24, 2.45) is 0 Å². The minimum atomic E-state index is -3.22. The van der Waals surface area contributed by atoms with Gasteiger partial charge in [-0.25, -0.2) is 13.1 Å². The van der Waals surface area contributed by atoms with Gasteiger partial charge in [-0.2, -0.15) is 0 Å². The molecule has 0 radical (unpaired) electrons. The first-order valence-corrected chi connectivity index (χ1v) is 7.69. The highest BCUT2D eigenvalue weighted by Gasteiger charge is 2.18. The predicted octanol–water partition coefficient (Wildman–Crippen LogP) is 1.06. The van der Waals surface area contributed by atoms with E-state index in [1.807, 2.05) is 25.1 Å². The maximum Gasteiger partial charge on any atom is 0.215 e. The van der Waals surface area contributed by atoms with E-state index >= 15 is 0 Å². The number of hydrogen-bond donors (Lipinski definition) is 2. The summed E-state index contributed by atoms with van der Waals surface area (Å²) in [4.78, 5) is 0. The lowest BCUT2D eigenvalue weighted by Gasteiger charge is -2.13. The highest BCUT2D eigenvalue weighted by atomic mass is 32.2. The van der Waals surface area contributed by atoms with Crippen molar-refractivity contribution in [2.75, 3.05) is 20.1 Å². The Morgan fingerprint density at radius 2 is 2.06 bits per heavy atom. The van der Waals surface area contributed by atoms with Crippen molar-refractivity contribution in [1.29, 1.82) is 0 Å². The quantitative estimate of drug-likeness (QED) is 0.779. The minimum absolute atomic E-state index is 0.417. The first-order chi connectivity index (χ1) is 8.45. The van der Waals surface area contributed by atoms with Gasteiger partial charge in [0.15, 0.2) is 0 Å². The first kappa shape index (κ1) is 15.1. The highest BCUT2D eigenvalue weighted by Crippen LogP contribution is 2.04. The molecule has 0 aliphatic rings. The zero-order chi connectivity index (χ0) is 13.6. The molecular formula is C13H22N2O2S. The predicted molar refractivity (Wildman–Crippen MR) is 75.2 cm³/mol. The Labute approximate surface area is 110 Å². The molecule has 0 aromatic heterocycles. The second kappa shape index (κ2) is 6.87. The Kier molecular flexibility index (Phi) is 5.78. The average Bonchev–Trinajstić information content (AvgIpc) is 2.29. The highest BCUT2D eigenvalue weighted by molar-refractivity contribution is 7.90. The van der Waals surface area contributed by atoms with E-state index in [9.17, 15) is 8.42 Å². The molecule has 1 aromatic carbocycles. The van der Waals surface area contributed by atoms with Gasteiger partial charge in [-0.3, -0.25) is 0 Å². The maximum atomic E-state index is 11.8. The molecule has 0 aliphatic heterocycles. The molecule has 102 valence electrons. The molecule has 4 nitrogen and oxygen atoms in total. The summed E-state index contributed by atoms with van der Waals surface area (Å²) in [6.07, 6.45) is 0.715. The monoisotopic (exact) mass is 270 g/mol. The number of benzene rings is 1. The van der Waals surface area contributed by atoms with Crippen molar-refractivity contribution in [1.82, 2.24) is 10.0 Å². The molecule has 1 atom stereocenters. The summed E-state index contributed by atoms with van der Waals surface area (Å²) in [5.41, 5.74) is 2.35. The molecule has 0 fully saturated rings. The lowest BCUT2D eigenvalue weighted by atomic mass is 10.1. The molecule has 2 N–H and O–H groups in total. The molecule has 0 amide bonds. The number of rotatable bonds is 7. The summed E-state index contributed by atoms with van der Waals surface area (Å²) in [7, 11) is -1.47. The summed E-state index contributed by atoms with van der Waals surface area (Å²) in [6.45, 7) is 4.63. The van der Waals surface area contributed by atoms with Crippen LogP contribution in [-0.2, 0) is 16.4 Å². The maximum absolute atomic E-state index is 11.8. The zero-order valence-electron chi connectivity index (χ0n) is 11.2. The van der Waals surface area contributed by atoms with E-state index in [1.54, 1.807) is 14.0 Å². The number of aryl methyl sites for hydroxylation is 1. The van der Waals surface area contributed by atoms with E-state index in [0.29, 0.717) is 19.5 Å². The summed E-state index contributed by atoms with van der Waals surface area (Å²) >= 11 is 0. The Bertz CT molecular complexity index is 472. The largest absolute Gasteiger partial charge is 0.318 e. The summed E-state index contributed by atoms with van der Waals surface area (Å²) in [6, 6.07) is 8.11. The second-order valence-corrected chi connectivity index (χ2v) is 6.73. The molecular weight excluding hydrogens is 248 g/mol. The number of sulfonamides is 1. The molecule has 0 saturated heterocycles. The Hall–Kier alpha value is -0.910. The van der Waals surface area contributed by atoms with Crippen LogP contribution in [-0.4, -0.2) is 33.8 Å². The Morgan fingerprint density at radius 3 is 2.67 bits per heavy atom. The standard InChI is InChI=1S/C13H22N2O2S/c1-11-5-4-6-13(9-11)7-8-15-18(16,17)12(2)10-14-3/h4-6,9,12,14-15H,7-8,10H2,1-3H3. The van der Waals surface area contributed by atoms with Crippen molar-refractivity contribution in [3.8, 4) is 0 Å². The van der Waals surface area contributed by atoms with Crippen LogP contribution in [0.1, 0.15) is 18.1 Å². The van der Waals surface area contributed by atoms with Gasteiger partial charge in [-0.05, 0) is 32.9 Å². The van der Waals surface area contributed by atoms with Crippen LogP contribution in [0.5, 0.6) is 0 Å². The lowest BCUT2D eigenvalue weighted by molar-refractivity contribution is 0.564. The van der Waals surface area contributed by atoms with E-state index < -0.39 is 15.3 Å². The summed E-state index contributed by atoms with van der Waals surface area (Å²) in [5.74, 6) is 0. The fraction of sp³-hybridized carbons (Fsp3) is 0.538. The molecule has 1 aromatic rings. The van der Waals surface area contributed by atoms with E-state index in [4.69, 9.17) is 0 Å². The molecule has 18 heavy (non-hydrogen) atoms. The van der Waals surface area contributed by atoms with Crippen LogP contribution in [0.25, 0.3) is 0 Å². The normalized spacial score (nSPS) is 13.5. The van der Waals surface area contributed by atoms with Crippen molar-refractivity contribution < 1.29 is 8.42 Å². The van der Waals surface area contributed by atoms with Crippen LogP contribution in [0.2, 0.25) is 0 Å². The molecule has 0 heterocycles. The van der Waals surface area contributed by atoms with Gasteiger partial charge in [0, 0.05) is 13.1 Å². The van der Waals surface area contributed by atoms with Crippen LogP contribution in [0.3, 0.4) is 0 Å². The van der Waals surface area contributed by atoms with Crippen LogP contribution in [0, 0.1) is 6.92 Å². The van der Waals surface area contributed by atoms with Gasteiger partial charge in [0.2, 0.25) is 10.0 Å². The number of nitrogens with one attached hydrogen (secondary N) is 2. The van der Waals surface area contributed by atoms with Crippen molar-refractivity contribution in [2.45, 2.75) is 25.5 Å². The Balaban J connectivity index is 2.46. The van der Waals surface area contributed by atoms with E-state index in [-0.39, 0.29) is 0 Å². The third-order valence-corrected chi connectivity index (χ3v) is 4.65. The number of hydrogen-bond acceptors (Lipinski definition) is 3. The third-order valence-electron chi connectivity index (χ3n) is 2.82. The fourth-order valence-corrected chi connectivity index (χ4v) is 2.80. The minimum Gasteiger partial charge on any atom is -0.318 e. The molecule has 5 heteroatoms. The van der Waals surface area contributed by atoms with Crippen molar-refractivity contribution in [3.05, 3.63) is 35.4 Å². The topological polar surface area (TPSA) is 58.2 Å². The van der Waals surface area contributed by atoms with Gasteiger partial charge >= 0.3 is 0 Å². The van der Waals surface area contributed by atoms with E-state index in [0.717, 1.165) is 5.56 Å². The molecule has 0 aliphatic carbocycles. The lowest BCUT2D eigenvalue weighted by Crippen LogP contribution is -2.38. The van der Waals surface area contributed by atoms with Crippen LogP contribution >= 0.6 is 0 Å². The first-order valence-electron chi connectivity index (χ1n) is 6.14. The molecule has 0 bridgehead atoms. The SMILES string of the molecule is CNCC(C)S(=O)(=O)NCCc1cccc(C)c1. The van der Waals surface area contributed by atoms with Crippen LogP contribution in [0.15, 0.2) is 24.3 Å². The van der Waals surface area contributed by atoms with Gasteiger partial charge in [-0.15, -0.1) is 0 Å². The van der Waals surface area contributed by atoms with Gasteiger partial charge in [0.1, 0.15) is 0 Å². The van der Waals surface area contributed by atoms with E-state index in [1.165, 1.54) is 5.56 Å². The second-order valence-electron chi connectivity index (χ2n) is 4.55. The van der Waals surface area contributed by atoms with E-state index in [2.05, 4.69) is 16.1 Å². The smallest absolute Gasteiger partial charge is 0.215 e. The molecule has 0 saturated carbocycles. The van der Waals surface area contributed by atoms with Gasteiger partial charge in [0.05, 0.1) is 5.25 Å². The van der Waals surface area contributed by atoms with Crippen molar-refractivity contribution >= 4 is 10.0 Å². The third kappa shape index (κ3) is 4.76. The molecule has 0 spiro atoms.